The van der Waals surface area contributed by atoms with Crippen molar-refractivity contribution in [1.29, 1.82) is 0 Å². The Bertz CT molecular complexity index is 730. The molecule has 0 aliphatic heterocycles. The number of hydrogen-bond donors (Lipinski definition) is 1. The molecule has 2 rings (SSSR count). The van der Waals surface area contributed by atoms with Gasteiger partial charge in [0.15, 0.2) is 0 Å². The number of carboxylic acids is 1. The number of aliphatic carboxylic acids is 1. The number of fused-ring (bicyclic) bond motifs is 1. The number of nitrogens with zero attached hydrogens (tertiary/aromatic N) is 2. The van der Waals surface area contributed by atoms with Crippen LogP contribution in [0.25, 0.3) is 11.0 Å². The van der Waals surface area contributed by atoms with Gasteiger partial charge in [-0.3, -0.25) is 13.9 Å². The molecule has 1 atom stereocenters. The summed E-state index contributed by atoms with van der Waals surface area (Å²) in [4.78, 5) is 22.6. The second-order valence-electron chi connectivity index (χ2n) is 5.10. The van der Waals surface area contributed by atoms with Gasteiger partial charge >= 0.3 is 11.7 Å². The Kier molecular flexibility index (Phi) is 4.04. The van der Waals surface area contributed by atoms with Crippen molar-refractivity contribution in [1.82, 2.24) is 9.13 Å². The SMILES string of the molecule is CC(CCC(=O)O)c1cc2c(cc1Br)n(C)c(=O)n2C. The molecule has 0 saturated heterocycles. The van der Waals surface area contributed by atoms with Crippen molar-refractivity contribution < 1.29 is 9.90 Å². The summed E-state index contributed by atoms with van der Waals surface area (Å²) in [5.74, 6) is -0.679. The molecule has 5 nitrogen and oxygen atoms in total. The highest BCUT2D eigenvalue weighted by Crippen LogP contribution is 2.31. The first-order valence-electron chi connectivity index (χ1n) is 6.39. The summed E-state index contributed by atoms with van der Waals surface area (Å²) in [5, 5.41) is 8.77. The quantitative estimate of drug-likeness (QED) is 0.930. The predicted molar refractivity (Wildman–Crippen MR) is 81.1 cm³/mol. The molecule has 1 unspecified atom stereocenters. The van der Waals surface area contributed by atoms with Gasteiger partial charge < -0.3 is 5.11 Å². The van der Waals surface area contributed by atoms with E-state index >= 15 is 0 Å². The molecule has 0 spiro atoms. The second kappa shape index (κ2) is 5.44. The molecular weight excluding hydrogens is 324 g/mol. The van der Waals surface area contributed by atoms with Crippen LogP contribution in [0.1, 0.15) is 31.2 Å². The van der Waals surface area contributed by atoms with Crippen LogP contribution < -0.4 is 5.69 Å². The molecule has 20 heavy (non-hydrogen) atoms. The number of imidazole rings is 1. The van der Waals surface area contributed by atoms with E-state index in [0.717, 1.165) is 21.1 Å². The number of rotatable bonds is 4. The normalized spacial score (nSPS) is 12.8. The lowest BCUT2D eigenvalue weighted by molar-refractivity contribution is -0.137. The topological polar surface area (TPSA) is 64.2 Å². The van der Waals surface area contributed by atoms with Crippen LogP contribution >= 0.6 is 15.9 Å². The Morgan fingerprint density at radius 2 is 1.85 bits per heavy atom. The van der Waals surface area contributed by atoms with Crippen molar-refractivity contribution in [2.24, 2.45) is 14.1 Å². The first-order valence-corrected chi connectivity index (χ1v) is 7.19. The molecule has 0 fully saturated rings. The molecular formula is C14H17BrN2O3. The highest BCUT2D eigenvalue weighted by atomic mass is 79.9. The van der Waals surface area contributed by atoms with E-state index in [0.29, 0.717) is 6.42 Å². The summed E-state index contributed by atoms with van der Waals surface area (Å²) in [6.07, 6.45) is 0.708. The fourth-order valence-electron chi connectivity index (χ4n) is 2.41. The molecule has 2 aromatic rings. The Morgan fingerprint density at radius 3 is 2.40 bits per heavy atom. The van der Waals surface area contributed by atoms with Gasteiger partial charge in [0.1, 0.15) is 0 Å². The molecule has 0 amide bonds. The van der Waals surface area contributed by atoms with Gasteiger partial charge in [-0.1, -0.05) is 22.9 Å². The molecule has 0 aliphatic rings. The van der Waals surface area contributed by atoms with E-state index in [2.05, 4.69) is 15.9 Å². The molecule has 108 valence electrons. The van der Waals surface area contributed by atoms with E-state index in [-0.39, 0.29) is 18.0 Å². The van der Waals surface area contributed by atoms with Crippen molar-refractivity contribution in [3.05, 3.63) is 32.7 Å². The number of carbonyl (C=O) groups is 1. The first kappa shape index (κ1) is 14.8. The molecule has 0 bridgehead atoms. The van der Waals surface area contributed by atoms with Gasteiger partial charge in [0.05, 0.1) is 11.0 Å². The van der Waals surface area contributed by atoms with Crippen LogP contribution in [0.15, 0.2) is 21.4 Å². The third kappa shape index (κ3) is 2.52. The summed E-state index contributed by atoms with van der Waals surface area (Å²) in [7, 11) is 3.48. The van der Waals surface area contributed by atoms with Crippen molar-refractivity contribution in [3.8, 4) is 0 Å². The molecule has 0 radical (unpaired) electrons. The maximum atomic E-state index is 11.9. The van der Waals surface area contributed by atoms with Crippen LogP contribution in [0.4, 0.5) is 0 Å². The second-order valence-corrected chi connectivity index (χ2v) is 5.95. The Hall–Kier alpha value is -1.56. The highest BCUT2D eigenvalue weighted by Gasteiger charge is 2.16. The Balaban J connectivity index is 2.50. The van der Waals surface area contributed by atoms with Crippen LogP contribution in [0.5, 0.6) is 0 Å². The molecule has 1 aromatic carbocycles. The number of aryl methyl sites for hydroxylation is 2. The van der Waals surface area contributed by atoms with E-state index in [1.807, 2.05) is 19.1 Å². The minimum atomic E-state index is -0.791. The number of benzene rings is 1. The summed E-state index contributed by atoms with van der Waals surface area (Å²) in [6.45, 7) is 2.00. The van der Waals surface area contributed by atoms with Gasteiger partial charge in [0.2, 0.25) is 0 Å². The third-order valence-corrected chi connectivity index (χ3v) is 4.40. The molecule has 1 N–H and O–H groups in total. The number of hydrogen-bond acceptors (Lipinski definition) is 2. The fourth-order valence-corrected chi connectivity index (χ4v) is 3.13. The van der Waals surface area contributed by atoms with Crippen molar-refractivity contribution >= 4 is 32.9 Å². The highest BCUT2D eigenvalue weighted by molar-refractivity contribution is 9.10. The molecule has 1 heterocycles. The Labute approximate surface area is 125 Å². The molecule has 0 saturated carbocycles. The lowest BCUT2D eigenvalue weighted by Gasteiger charge is -2.13. The smallest absolute Gasteiger partial charge is 0.328 e. The van der Waals surface area contributed by atoms with Crippen LogP contribution in [0.3, 0.4) is 0 Å². The zero-order valence-corrected chi connectivity index (χ0v) is 13.3. The van der Waals surface area contributed by atoms with Crippen molar-refractivity contribution in [2.45, 2.75) is 25.7 Å². The van der Waals surface area contributed by atoms with Gasteiger partial charge in [-0.2, -0.15) is 0 Å². The van der Waals surface area contributed by atoms with Crippen LogP contribution in [0, 0.1) is 0 Å². The molecule has 6 heteroatoms. The fraction of sp³-hybridized carbons (Fsp3) is 0.429. The van der Waals surface area contributed by atoms with E-state index in [1.165, 1.54) is 0 Å². The average molecular weight is 341 g/mol. The lowest BCUT2D eigenvalue weighted by Crippen LogP contribution is -2.19. The summed E-state index contributed by atoms with van der Waals surface area (Å²) in [5.41, 5.74) is 2.68. The van der Waals surface area contributed by atoms with Crippen molar-refractivity contribution in [3.63, 3.8) is 0 Å². The predicted octanol–water partition coefficient (Wildman–Crippen LogP) is 2.61. The molecule has 1 aromatic heterocycles. The largest absolute Gasteiger partial charge is 0.481 e. The lowest BCUT2D eigenvalue weighted by atomic mass is 9.96. The van der Waals surface area contributed by atoms with E-state index in [4.69, 9.17) is 5.11 Å². The molecule has 0 aliphatic carbocycles. The summed E-state index contributed by atoms with van der Waals surface area (Å²) in [6, 6.07) is 3.89. The van der Waals surface area contributed by atoms with Gasteiger partial charge in [-0.05, 0) is 30.0 Å². The van der Waals surface area contributed by atoms with Gasteiger partial charge in [-0.25, -0.2) is 4.79 Å². The minimum Gasteiger partial charge on any atom is -0.481 e. The zero-order chi connectivity index (χ0) is 15.0. The van der Waals surface area contributed by atoms with Crippen LogP contribution in [0.2, 0.25) is 0 Å². The van der Waals surface area contributed by atoms with Gasteiger partial charge in [-0.15, -0.1) is 0 Å². The number of carboxylic acid groups (broad SMARTS) is 1. The Morgan fingerprint density at radius 1 is 1.30 bits per heavy atom. The minimum absolute atomic E-state index is 0.0674. The summed E-state index contributed by atoms with van der Waals surface area (Å²) >= 11 is 3.52. The standard InChI is InChI=1S/C14H17BrN2O3/c1-8(4-5-13(18)19)9-6-11-12(7-10(9)15)17(3)14(20)16(11)2/h6-8H,4-5H2,1-3H3,(H,18,19). The van der Waals surface area contributed by atoms with Crippen molar-refractivity contribution in [2.75, 3.05) is 0 Å². The third-order valence-electron chi connectivity index (χ3n) is 3.71. The first-order chi connectivity index (χ1) is 9.32. The maximum absolute atomic E-state index is 11.9. The van der Waals surface area contributed by atoms with Gasteiger partial charge in [0.25, 0.3) is 0 Å². The zero-order valence-electron chi connectivity index (χ0n) is 11.7. The maximum Gasteiger partial charge on any atom is 0.328 e. The van der Waals surface area contributed by atoms with Gasteiger partial charge in [0, 0.05) is 25.0 Å². The van der Waals surface area contributed by atoms with E-state index < -0.39 is 5.97 Å². The van der Waals surface area contributed by atoms with Crippen LogP contribution in [-0.2, 0) is 18.9 Å². The number of aromatic nitrogens is 2. The monoisotopic (exact) mass is 340 g/mol. The van der Waals surface area contributed by atoms with E-state index in [9.17, 15) is 9.59 Å². The summed E-state index contributed by atoms with van der Waals surface area (Å²) < 4.78 is 4.12. The average Bonchev–Trinajstić information content (AvgIpc) is 2.60. The van der Waals surface area contributed by atoms with Crippen LogP contribution in [-0.4, -0.2) is 20.2 Å². The van der Waals surface area contributed by atoms with E-state index in [1.54, 1.807) is 23.2 Å². The number of halogens is 1.